The van der Waals surface area contributed by atoms with Crippen LogP contribution in [0.2, 0.25) is 0 Å². The zero-order valence-electron chi connectivity index (χ0n) is 8.42. The molecule has 1 N–H and O–H groups in total. The summed E-state index contributed by atoms with van der Waals surface area (Å²) in [6.07, 6.45) is 3.67. The lowest BCUT2D eigenvalue weighted by molar-refractivity contribution is -0.122. The molecule has 0 radical (unpaired) electrons. The molecule has 0 aromatic heterocycles. The first-order chi connectivity index (χ1) is 7.83. The Bertz CT molecular complexity index is 408. The quantitative estimate of drug-likeness (QED) is 0.592. The van der Waals surface area contributed by atoms with Crippen molar-refractivity contribution in [3.8, 4) is 5.75 Å². The van der Waals surface area contributed by atoms with Crippen molar-refractivity contribution >= 4 is 12.0 Å². The van der Waals surface area contributed by atoms with Gasteiger partial charge >= 0.3 is 0 Å². The Kier molecular flexibility index (Phi) is 5.09. The van der Waals surface area contributed by atoms with Gasteiger partial charge in [-0.25, -0.2) is 4.79 Å². The molecule has 1 aromatic carbocycles. The fourth-order valence-electron chi connectivity index (χ4n) is 0.905. The number of nitrogens with one attached hydrogen (secondary N) is 1. The SMILES string of the molecule is O=C=N/C=C/NC(=O)COc1ccccc1. The summed E-state index contributed by atoms with van der Waals surface area (Å²) in [5.74, 6) is 0.286. The summed E-state index contributed by atoms with van der Waals surface area (Å²) in [4.78, 5) is 24.0. The van der Waals surface area contributed by atoms with Crippen LogP contribution < -0.4 is 10.1 Å². The van der Waals surface area contributed by atoms with E-state index in [9.17, 15) is 9.59 Å². The molecule has 0 aliphatic heterocycles. The second-order valence-electron chi connectivity index (χ2n) is 2.71. The van der Waals surface area contributed by atoms with Crippen molar-refractivity contribution in [1.82, 2.24) is 5.32 Å². The highest BCUT2D eigenvalue weighted by atomic mass is 16.5. The van der Waals surface area contributed by atoms with Gasteiger partial charge in [0.1, 0.15) is 5.75 Å². The minimum Gasteiger partial charge on any atom is -0.484 e. The Labute approximate surface area is 92.4 Å². The van der Waals surface area contributed by atoms with Crippen molar-refractivity contribution in [1.29, 1.82) is 0 Å². The molecule has 0 saturated carbocycles. The Morgan fingerprint density at radius 3 is 2.88 bits per heavy atom. The zero-order valence-corrected chi connectivity index (χ0v) is 8.42. The van der Waals surface area contributed by atoms with E-state index in [4.69, 9.17) is 4.74 Å². The number of para-hydroxylation sites is 1. The number of ether oxygens (including phenoxy) is 1. The molecule has 1 amide bonds. The summed E-state index contributed by atoms with van der Waals surface area (Å²) < 4.78 is 5.17. The lowest BCUT2D eigenvalue weighted by Crippen LogP contribution is -2.24. The number of hydrogen-bond acceptors (Lipinski definition) is 4. The Morgan fingerprint density at radius 1 is 1.44 bits per heavy atom. The maximum atomic E-state index is 11.2. The molecule has 1 aromatic rings. The summed E-state index contributed by atoms with van der Waals surface area (Å²) >= 11 is 0. The average Bonchev–Trinajstić information content (AvgIpc) is 2.33. The molecule has 0 spiro atoms. The van der Waals surface area contributed by atoms with Crippen LogP contribution in [0.25, 0.3) is 0 Å². The highest BCUT2D eigenvalue weighted by Gasteiger charge is 1.98. The van der Waals surface area contributed by atoms with Crippen molar-refractivity contribution in [2.75, 3.05) is 6.61 Å². The van der Waals surface area contributed by atoms with Gasteiger partial charge in [-0.3, -0.25) is 4.79 Å². The molecule has 0 saturated heterocycles. The molecule has 16 heavy (non-hydrogen) atoms. The van der Waals surface area contributed by atoms with Gasteiger partial charge in [-0.2, -0.15) is 4.99 Å². The van der Waals surface area contributed by atoms with E-state index in [0.29, 0.717) is 5.75 Å². The van der Waals surface area contributed by atoms with Crippen LogP contribution >= 0.6 is 0 Å². The van der Waals surface area contributed by atoms with Crippen LogP contribution in [0.5, 0.6) is 5.75 Å². The van der Waals surface area contributed by atoms with Gasteiger partial charge < -0.3 is 10.1 Å². The van der Waals surface area contributed by atoms with Crippen LogP contribution in [0.4, 0.5) is 0 Å². The Balaban J connectivity index is 2.28. The van der Waals surface area contributed by atoms with E-state index in [2.05, 4.69) is 10.3 Å². The summed E-state index contributed by atoms with van der Waals surface area (Å²) in [6.45, 7) is -0.0981. The van der Waals surface area contributed by atoms with Gasteiger partial charge in [0, 0.05) is 6.20 Å². The minimum absolute atomic E-state index is 0.0981. The number of carbonyl (C=O) groups excluding carboxylic acids is 2. The van der Waals surface area contributed by atoms with E-state index >= 15 is 0 Å². The largest absolute Gasteiger partial charge is 0.484 e. The number of hydrogen-bond donors (Lipinski definition) is 1. The number of aliphatic imine (C=N–C) groups is 1. The van der Waals surface area contributed by atoms with Crippen molar-refractivity contribution in [3.05, 3.63) is 42.7 Å². The van der Waals surface area contributed by atoms with E-state index in [1.807, 2.05) is 18.2 Å². The molecular weight excluding hydrogens is 208 g/mol. The standard InChI is InChI=1S/C11H10N2O3/c14-9-12-6-7-13-11(15)8-16-10-4-2-1-3-5-10/h1-7H,8H2,(H,13,15)/b7-6+. The monoisotopic (exact) mass is 218 g/mol. The van der Waals surface area contributed by atoms with Crippen molar-refractivity contribution in [2.45, 2.75) is 0 Å². The second kappa shape index (κ2) is 6.98. The van der Waals surface area contributed by atoms with Gasteiger partial charge in [0.05, 0.1) is 6.20 Å². The molecular formula is C11H10N2O3. The van der Waals surface area contributed by atoms with Crippen LogP contribution in [0, 0.1) is 0 Å². The molecule has 5 heteroatoms. The number of benzene rings is 1. The second-order valence-corrected chi connectivity index (χ2v) is 2.71. The summed E-state index contributed by atoms with van der Waals surface area (Å²) in [6, 6.07) is 8.98. The normalized spacial score (nSPS) is 9.50. The molecule has 0 heterocycles. The summed E-state index contributed by atoms with van der Waals surface area (Å²) in [5.41, 5.74) is 0. The fourth-order valence-corrected chi connectivity index (χ4v) is 0.905. The summed E-state index contributed by atoms with van der Waals surface area (Å²) in [7, 11) is 0. The third kappa shape index (κ3) is 4.74. The molecule has 1 rings (SSSR count). The maximum Gasteiger partial charge on any atom is 0.261 e. The topological polar surface area (TPSA) is 67.8 Å². The number of carbonyl (C=O) groups is 1. The predicted octanol–water partition coefficient (Wildman–Crippen LogP) is 0.989. The summed E-state index contributed by atoms with van der Waals surface area (Å²) in [5, 5.41) is 2.37. The number of nitrogens with zero attached hydrogens (tertiary/aromatic N) is 1. The van der Waals surface area contributed by atoms with Crippen LogP contribution in [-0.2, 0) is 9.59 Å². The van der Waals surface area contributed by atoms with Crippen molar-refractivity contribution in [2.24, 2.45) is 4.99 Å². The van der Waals surface area contributed by atoms with Gasteiger partial charge in [0.2, 0.25) is 6.08 Å². The van der Waals surface area contributed by atoms with Gasteiger partial charge in [-0.1, -0.05) is 18.2 Å². The predicted molar refractivity (Wildman–Crippen MR) is 57.3 cm³/mol. The van der Waals surface area contributed by atoms with E-state index in [1.165, 1.54) is 12.3 Å². The highest BCUT2D eigenvalue weighted by Crippen LogP contribution is 2.07. The Morgan fingerprint density at radius 2 is 2.19 bits per heavy atom. The van der Waals surface area contributed by atoms with Gasteiger partial charge in [-0.15, -0.1) is 0 Å². The first kappa shape index (κ1) is 11.7. The fraction of sp³-hybridized carbons (Fsp3) is 0.0909. The molecule has 0 fully saturated rings. The van der Waals surface area contributed by atoms with Gasteiger partial charge in [-0.05, 0) is 12.1 Å². The highest BCUT2D eigenvalue weighted by molar-refractivity contribution is 5.78. The zero-order chi connectivity index (χ0) is 11.6. The lowest BCUT2D eigenvalue weighted by Gasteiger charge is -2.03. The average molecular weight is 218 g/mol. The van der Waals surface area contributed by atoms with Crippen LogP contribution in [-0.4, -0.2) is 18.6 Å². The molecule has 0 bridgehead atoms. The molecule has 0 aliphatic rings. The number of isocyanates is 1. The smallest absolute Gasteiger partial charge is 0.261 e. The maximum absolute atomic E-state index is 11.2. The number of rotatable bonds is 5. The molecule has 5 nitrogen and oxygen atoms in total. The number of amides is 1. The molecule has 0 aliphatic carbocycles. The Hall–Kier alpha value is -2.39. The van der Waals surface area contributed by atoms with Gasteiger partial charge in [0.25, 0.3) is 5.91 Å². The van der Waals surface area contributed by atoms with Crippen molar-refractivity contribution < 1.29 is 14.3 Å². The van der Waals surface area contributed by atoms with Crippen molar-refractivity contribution in [3.63, 3.8) is 0 Å². The first-order valence-corrected chi connectivity index (χ1v) is 4.52. The lowest BCUT2D eigenvalue weighted by atomic mass is 10.3. The molecule has 82 valence electrons. The van der Waals surface area contributed by atoms with Crippen LogP contribution in [0.15, 0.2) is 47.7 Å². The van der Waals surface area contributed by atoms with Crippen LogP contribution in [0.3, 0.4) is 0 Å². The minimum atomic E-state index is -0.332. The third-order valence-electron chi connectivity index (χ3n) is 1.56. The first-order valence-electron chi connectivity index (χ1n) is 4.52. The van der Waals surface area contributed by atoms with E-state index < -0.39 is 0 Å². The van der Waals surface area contributed by atoms with Crippen LogP contribution in [0.1, 0.15) is 0 Å². The third-order valence-corrected chi connectivity index (χ3v) is 1.56. The van der Waals surface area contributed by atoms with Gasteiger partial charge in [0.15, 0.2) is 6.61 Å². The molecule has 0 unspecified atom stereocenters. The van der Waals surface area contributed by atoms with E-state index in [0.717, 1.165) is 6.20 Å². The molecule has 0 atom stereocenters. The van der Waals surface area contributed by atoms with E-state index in [1.54, 1.807) is 12.1 Å². The van der Waals surface area contributed by atoms with E-state index in [-0.39, 0.29) is 12.5 Å².